The van der Waals surface area contributed by atoms with Crippen molar-refractivity contribution in [3.05, 3.63) is 36.2 Å². The van der Waals surface area contributed by atoms with Crippen LogP contribution in [0.1, 0.15) is 5.82 Å². The fourth-order valence-electron chi connectivity index (χ4n) is 3.48. The van der Waals surface area contributed by atoms with E-state index >= 15 is 0 Å². The molecule has 1 aromatic carbocycles. The van der Waals surface area contributed by atoms with Gasteiger partial charge in [0.15, 0.2) is 5.82 Å². The van der Waals surface area contributed by atoms with Gasteiger partial charge in [-0.15, -0.1) is 5.10 Å². The smallest absolute Gasteiger partial charge is 0.236 e. The molecule has 0 unspecified atom stereocenters. The van der Waals surface area contributed by atoms with Gasteiger partial charge in [0.25, 0.3) is 0 Å². The molecule has 0 bridgehead atoms. The first-order valence-corrected chi connectivity index (χ1v) is 9.42. The van der Waals surface area contributed by atoms with Gasteiger partial charge in [0.2, 0.25) is 5.91 Å². The molecule has 0 aliphatic carbocycles. The van der Waals surface area contributed by atoms with E-state index in [9.17, 15) is 4.79 Å². The van der Waals surface area contributed by atoms with Gasteiger partial charge in [0.05, 0.1) is 32.0 Å². The third kappa shape index (κ3) is 4.49. The third-order valence-electron chi connectivity index (χ3n) is 5.09. The molecule has 0 spiro atoms. The summed E-state index contributed by atoms with van der Waals surface area (Å²) in [6.07, 6.45) is 0. The lowest BCUT2D eigenvalue weighted by Crippen LogP contribution is -2.51. The minimum atomic E-state index is 0.208. The van der Waals surface area contributed by atoms with Crippen molar-refractivity contribution in [1.29, 1.82) is 0 Å². The highest BCUT2D eigenvalue weighted by molar-refractivity contribution is 5.78. The maximum Gasteiger partial charge on any atom is 0.236 e. The Balaban J connectivity index is 1.28. The SMILES string of the molecule is O=C(CN1CCN(Cc2nnnn2-c2ccccc2)CC1)N1CCOCC1. The first kappa shape index (κ1) is 18.0. The first-order chi connectivity index (χ1) is 13.3. The van der Waals surface area contributed by atoms with E-state index in [1.165, 1.54) is 0 Å². The topological polar surface area (TPSA) is 79.6 Å². The van der Waals surface area contributed by atoms with Gasteiger partial charge < -0.3 is 9.64 Å². The molecule has 144 valence electrons. The summed E-state index contributed by atoms with van der Waals surface area (Å²) in [6.45, 7) is 7.47. The van der Waals surface area contributed by atoms with E-state index in [1.807, 2.05) is 35.2 Å². The molecule has 1 amide bonds. The zero-order chi connectivity index (χ0) is 18.5. The summed E-state index contributed by atoms with van der Waals surface area (Å²) in [4.78, 5) is 18.9. The number of aromatic nitrogens is 4. The molecule has 3 heterocycles. The van der Waals surface area contributed by atoms with Crippen LogP contribution in [-0.2, 0) is 16.1 Å². The molecule has 2 aliphatic rings. The number of hydrogen-bond acceptors (Lipinski definition) is 7. The van der Waals surface area contributed by atoms with Gasteiger partial charge in [0, 0.05) is 39.3 Å². The monoisotopic (exact) mass is 371 g/mol. The van der Waals surface area contributed by atoms with Crippen molar-refractivity contribution in [2.24, 2.45) is 0 Å². The Labute approximate surface area is 158 Å². The van der Waals surface area contributed by atoms with E-state index in [4.69, 9.17) is 4.74 Å². The van der Waals surface area contributed by atoms with E-state index in [1.54, 1.807) is 4.68 Å². The van der Waals surface area contributed by atoms with Crippen LogP contribution in [0.5, 0.6) is 0 Å². The highest BCUT2D eigenvalue weighted by atomic mass is 16.5. The normalized spacial score (nSPS) is 19.3. The van der Waals surface area contributed by atoms with Gasteiger partial charge in [0.1, 0.15) is 0 Å². The van der Waals surface area contributed by atoms with Crippen LogP contribution in [-0.4, -0.2) is 99.8 Å². The molecule has 0 saturated carbocycles. The molecule has 9 heteroatoms. The fraction of sp³-hybridized carbons (Fsp3) is 0.556. The van der Waals surface area contributed by atoms with Crippen LogP contribution in [0.3, 0.4) is 0 Å². The molecule has 2 saturated heterocycles. The minimum absolute atomic E-state index is 0.208. The molecule has 2 aromatic rings. The zero-order valence-electron chi connectivity index (χ0n) is 15.4. The third-order valence-corrected chi connectivity index (χ3v) is 5.09. The molecule has 4 rings (SSSR count). The highest BCUT2D eigenvalue weighted by Crippen LogP contribution is 2.11. The van der Waals surface area contributed by atoms with Gasteiger partial charge in [-0.2, -0.15) is 4.68 Å². The summed E-state index contributed by atoms with van der Waals surface area (Å²) in [6, 6.07) is 9.92. The molecule has 27 heavy (non-hydrogen) atoms. The average molecular weight is 371 g/mol. The van der Waals surface area contributed by atoms with E-state index in [-0.39, 0.29) is 5.91 Å². The minimum Gasteiger partial charge on any atom is -0.378 e. The largest absolute Gasteiger partial charge is 0.378 e. The Hall–Kier alpha value is -2.36. The highest BCUT2D eigenvalue weighted by Gasteiger charge is 2.24. The van der Waals surface area contributed by atoms with Crippen LogP contribution in [0.15, 0.2) is 30.3 Å². The Bertz CT molecular complexity index is 737. The lowest BCUT2D eigenvalue weighted by atomic mass is 10.3. The summed E-state index contributed by atoms with van der Waals surface area (Å²) >= 11 is 0. The average Bonchev–Trinajstić information content (AvgIpc) is 3.19. The quantitative estimate of drug-likeness (QED) is 0.710. The summed E-state index contributed by atoms with van der Waals surface area (Å²) in [5.74, 6) is 1.04. The molecule has 9 nitrogen and oxygen atoms in total. The lowest BCUT2D eigenvalue weighted by Gasteiger charge is -2.35. The summed E-state index contributed by atoms with van der Waals surface area (Å²) in [5, 5.41) is 12.1. The summed E-state index contributed by atoms with van der Waals surface area (Å²) in [5.41, 5.74) is 0.965. The van der Waals surface area contributed by atoms with Crippen molar-refractivity contribution < 1.29 is 9.53 Å². The Kier molecular flexibility index (Phi) is 5.71. The molecular weight excluding hydrogens is 346 g/mol. The second-order valence-electron chi connectivity index (χ2n) is 6.89. The molecular formula is C18H25N7O2. The van der Waals surface area contributed by atoms with Crippen molar-refractivity contribution in [2.75, 3.05) is 59.0 Å². The number of para-hydroxylation sites is 1. The number of piperazine rings is 1. The summed E-state index contributed by atoms with van der Waals surface area (Å²) < 4.78 is 7.10. The van der Waals surface area contributed by atoms with Gasteiger partial charge in [-0.1, -0.05) is 18.2 Å². The van der Waals surface area contributed by atoms with Crippen LogP contribution < -0.4 is 0 Å². The number of nitrogens with zero attached hydrogens (tertiary/aromatic N) is 7. The standard InChI is InChI=1S/C18H25N7O2/c26-18(24-10-12-27-13-11-24)15-23-8-6-22(7-9-23)14-17-19-20-21-25(17)16-4-2-1-3-5-16/h1-5H,6-15H2. The van der Waals surface area contributed by atoms with Gasteiger partial charge >= 0.3 is 0 Å². The number of morpholine rings is 1. The number of amides is 1. The molecule has 0 radical (unpaired) electrons. The van der Waals surface area contributed by atoms with Crippen molar-refractivity contribution in [3.63, 3.8) is 0 Å². The second-order valence-corrected chi connectivity index (χ2v) is 6.89. The predicted octanol–water partition coefficient (Wildman–Crippen LogP) is -0.361. The molecule has 1 aromatic heterocycles. The maximum atomic E-state index is 12.4. The number of benzene rings is 1. The number of ether oxygens (including phenoxy) is 1. The Morgan fingerprint density at radius 1 is 0.963 bits per heavy atom. The predicted molar refractivity (Wildman–Crippen MR) is 98.3 cm³/mol. The van der Waals surface area contributed by atoms with Crippen LogP contribution in [0.2, 0.25) is 0 Å². The number of rotatable bonds is 5. The van der Waals surface area contributed by atoms with Crippen molar-refractivity contribution in [1.82, 2.24) is 34.9 Å². The van der Waals surface area contributed by atoms with Crippen LogP contribution in [0.4, 0.5) is 0 Å². The molecule has 2 fully saturated rings. The van der Waals surface area contributed by atoms with E-state index in [0.29, 0.717) is 39.4 Å². The van der Waals surface area contributed by atoms with Crippen LogP contribution in [0, 0.1) is 0 Å². The van der Waals surface area contributed by atoms with Gasteiger partial charge in [-0.25, -0.2) is 0 Å². The Morgan fingerprint density at radius 3 is 2.41 bits per heavy atom. The lowest BCUT2D eigenvalue weighted by molar-refractivity contribution is -0.136. The molecule has 0 N–H and O–H groups in total. The van der Waals surface area contributed by atoms with Gasteiger partial charge in [-0.05, 0) is 22.6 Å². The van der Waals surface area contributed by atoms with Crippen molar-refractivity contribution in [3.8, 4) is 5.69 Å². The second kappa shape index (κ2) is 8.55. The fourth-order valence-corrected chi connectivity index (χ4v) is 3.48. The zero-order valence-corrected chi connectivity index (χ0v) is 15.4. The van der Waals surface area contributed by atoms with Crippen LogP contribution >= 0.6 is 0 Å². The number of tetrazole rings is 1. The van der Waals surface area contributed by atoms with E-state index < -0.39 is 0 Å². The van der Waals surface area contributed by atoms with Crippen LogP contribution in [0.25, 0.3) is 5.69 Å². The summed E-state index contributed by atoms with van der Waals surface area (Å²) in [7, 11) is 0. The number of carbonyl (C=O) groups excluding carboxylic acids is 1. The van der Waals surface area contributed by atoms with E-state index in [0.717, 1.165) is 37.7 Å². The number of hydrogen-bond donors (Lipinski definition) is 0. The van der Waals surface area contributed by atoms with Crippen molar-refractivity contribution in [2.45, 2.75) is 6.54 Å². The van der Waals surface area contributed by atoms with Crippen molar-refractivity contribution >= 4 is 5.91 Å². The maximum absolute atomic E-state index is 12.4. The first-order valence-electron chi connectivity index (χ1n) is 9.42. The molecule has 0 atom stereocenters. The van der Waals surface area contributed by atoms with E-state index in [2.05, 4.69) is 25.3 Å². The van der Waals surface area contributed by atoms with Gasteiger partial charge in [-0.3, -0.25) is 14.6 Å². The molecule has 2 aliphatic heterocycles. The number of carbonyl (C=O) groups is 1. The Morgan fingerprint density at radius 2 is 1.67 bits per heavy atom.